The van der Waals surface area contributed by atoms with Crippen molar-refractivity contribution in [2.24, 2.45) is 35.5 Å². The summed E-state index contributed by atoms with van der Waals surface area (Å²) in [5, 5.41) is 0. The lowest BCUT2D eigenvalue weighted by Gasteiger charge is -2.39. The number of hydrogen-bond acceptors (Lipinski definition) is 3. The zero-order chi connectivity index (χ0) is 12.7. The van der Waals surface area contributed by atoms with Crippen LogP contribution in [0.3, 0.4) is 0 Å². The molecule has 0 N–H and O–H groups in total. The number of hydrogen-bond donors (Lipinski definition) is 0. The Bertz CT molecular complexity index is 334. The molecule has 2 aliphatic rings. The van der Waals surface area contributed by atoms with E-state index in [0.29, 0.717) is 17.8 Å². The second-order valence-electron chi connectivity index (χ2n) is 6.25. The molecule has 0 aromatic rings. The van der Waals surface area contributed by atoms with Crippen molar-refractivity contribution >= 4 is 11.9 Å². The summed E-state index contributed by atoms with van der Waals surface area (Å²) in [4.78, 5) is 23.6. The van der Waals surface area contributed by atoms with Crippen LogP contribution in [-0.4, -0.2) is 11.9 Å². The molecule has 2 fully saturated rings. The molecule has 1 saturated heterocycles. The van der Waals surface area contributed by atoms with Gasteiger partial charge in [-0.05, 0) is 36.5 Å². The van der Waals surface area contributed by atoms with Crippen LogP contribution in [0.25, 0.3) is 0 Å². The van der Waals surface area contributed by atoms with Gasteiger partial charge in [0.2, 0.25) is 0 Å². The Morgan fingerprint density at radius 2 is 1.76 bits per heavy atom. The summed E-state index contributed by atoms with van der Waals surface area (Å²) in [5.41, 5.74) is 0. The van der Waals surface area contributed by atoms with Crippen LogP contribution in [0.4, 0.5) is 0 Å². The summed E-state index contributed by atoms with van der Waals surface area (Å²) in [7, 11) is 0. The third kappa shape index (κ3) is 2.12. The molecule has 0 radical (unpaired) electrons. The average Bonchev–Trinajstić information content (AvgIpc) is 2.49. The summed E-state index contributed by atoms with van der Waals surface area (Å²) in [6.45, 7) is 8.59. The molecule has 0 amide bonds. The smallest absolute Gasteiger partial charge is 0.317 e. The number of carbonyl (C=O) groups excluding carboxylic acids is 2. The second-order valence-corrected chi connectivity index (χ2v) is 6.25. The predicted molar refractivity (Wildman–Crippen MR) is 64.0 cm³/mol. The highest BCUT2D eigenvalue weighted by molar-refractivity contribution is 5.97. The first-order valence-corrected chi connectivity index (χ1v) is 6.67. The molecular weight excluding hydrogens is 216 g/mol. The van der Waals surface area contributed by atoms with Gasteiger partial charge in [0.15, 0.2) is 0 Å². The first kappa shape index (κ1) is 12.6. The van der Waals surface area contributed by atoms with E-state index >= 15 is 0 Å². The Labute approximate surface area is 103 Å². The SMILES string of the molecule is CC(C)CC1CC(C)C(C)C2C(=O)OC(=O)C12. The highest BCUT2D eigenvalue weighted by atomic mass is 16.6. The lowest BCUT2D eigenvalue weighted by molar-refractivity contribution is -0.154. The molecule has 0 bridgehead atoms. The number of cyclic esters (lactones) is 2. The molecule has 1 aliphatic carbocycles. The molecule has 0 aromatic heterocycles. The van der Waals surface area contributed by atoms with E-state index in [2.05, 4.69) is 27.7 Å². The van der Waals surface area contributed by atoms with E-state index in [4.69, 9.17) is 4.74 Å². The monoisotopic (exact) mass is 238 g/mol. The normalized spacial score (nSPS) is 41.6. The number of fused-ring (bicyclic) bond motifs is 1. The Morgan fingerprint density at radius 1 is 1.18 bits per heavy atom. The van der Waals surface area contributed by atoms with Gasteiger partial charge in [0, 0.05) is 0 Å². The molecule has 3 heteroatoms. The standard InChI is InChI=1S/C14H22O3/c1-7(2)5-10-6-8(3)9(4)11-12(10)14(16)17-13(11)15/h7-12H,5-6H2,1-4H3. The molecule has 2 rings (SSSR count). The number of rotatable bonds is 2. The molecule has 1 saturated carbocycles. The average molecular weight is 238 g/mol. The predicted octanol–water partition coefficient (Wildman–Crippen LogP) is 2.64. The number of ether oxygens (including phenoxy) is 1. The molecule has 0 aromatic carbocycles. The zero-order valence-corrected chi connectivity index (χ0v) is 11.1. The fourth-order valence-corrected chi connectivity index (χ4v) is 3.60. The maximum atomic E-state index is 11.8. The molecule has 3 nitrogen and oxygen atoms in total. The van der Waals surface area contributed by atoms with E-state index in [1.54, 1.807) is 0 Å². The molecule has 1 heterocycles. The fourth-order valence-electron chi connectivity index (χ4n) is 3.60. The van der Waals surface area contributed by atoms with Crippen LogP contribution < -0.4 is 0 Å². The van der Waals surface area contributed by atoms with Crippen LogP contribution in [0.15, 0.2) is 0 Å². The summed E-state index contributed by atoms with van der Waals surface area (Å²) in [6.07, 6.45) is 2.06. The lowest BCUT2D eigenvalue weighted by atomic mass is 9.62. The summed E-state index contributed by atoms with van der Waals surface area (Å²) >= 11 is 0. The van der Waals surface area contributed by atoms with Crippen molar-refractivity contribution in [3.8, 4) is 0 Å². The van der Waals surface area contributed by atoms with E-state index in [9.17, 15) is 9.59 Å². The minimum atomic E-state index is -0.284. The molecule has 17 heavy (non-hydrogen) atoms. The van der Waals surface area contributed by atoms with Crippen molar-refractivity contribution in [1.29, 1.82) is 0 Å². The van der Waals surface area contributed by atoms with Gasteiger partial charge in [-0.3, -0.25) is 9.59 Å². The van der Waals surface area contributed by atoms with Crippen molar-refractivity contribution in [3.63, 3.8) is 0 Å². The van der Waals surface area contributed by atoms with Gasteiger partial charge in [-0.1, -0.05) is 27.7 Å². The van der Waals surface area contributed by atoms with Gasteiger partial charge in [-0.25, -0.2) is 0 Å². The van der Waals surface area contributed by atoms with Crippen molar-refractivity contribution < 1.29 is 14.3 Å². The lowest BCUT2D eigenvalue weighted by Crippen LogP contribution is -2.40. The van der Waals surface area contributed by atoms with Gasteiger partial charge in [-0.2, -0.15) is 0 Å². The van der Waals surface area contributed by atoms with Gasteiger partial charge in [0.25, 0.3) is 0 Å². The summed E-state index contributed by atoms with van der Waals surface area (Å²) in [5.74, 6) is 0.735. The maximum absolute atomic E-state index is 11.8. The van der Waals surface area contributed by atoms with E-state index < -0.39 is 0 Å². The van der Waals surface area contributed by atoms with E-state index in [0.717, 1.165) is 12.8 Å². The van der Waals surface area contributed by atoms with Crippen LogP contribution in [0.5, 0.6) is 0 Å². The third-order valence-corrected chi connectivity index (χ3v) is 4.55. The van der Waals surface area contributed by atoms with E-state index in [1.807, 2.05) is 0 Å². The summed E-state index contributed by atoms with van der Waals surface area (Å²) in [6, 6.07) is 0. The molecular formula is C14H22O3. The van der Waals surface area contributed by atoms with Crippen LogP contribution in [0.1, 0.15) is 40.5 Å². The van der Waals surface area contributed by atoms with Crippen LogP contribution in [-0.2, 0) is 14.3 Å². The fraction of sp³-hybridized carbons (Fsp3) is 0.857. The third-order valence-electron chi connectivity index (χ3n) is 4.55. The molecule has 0 spiro atoms. The molecule has 5 atom stereocenters. The van der Waals surface area contributed by atoms with Crippen molar-refractivity contribution in [1.82, 2.24) is 0 Å². The first-order valence-electron chi connectivity index (χ1n) is 6.67. The Morgan fingerprint density at radius 3 is 2.35 bits per heavy atom. The van der Waals surface area contributed by atoms with Crippen LogP contribution >= 0.6 is 0 Å². The van der Waals surface area contributed by atoms with Crippen LogP contribution in [0.2, 0.25) is 0 Å². The molecule has 1 aliphatic heterocycles. The van der Waals surface area contributed by atoms with Gasteiger partial charge >= 0.3 is 11.9 Å². The highest BCUT2D eigenvalue weighted by Gasteiger charge is 2.54. The minimum absolute atomic E-state index is 0.170. The minimum Gasteiger partial charge on any atom is -0.393 e. The van der Waals surface area contributed by atoms with E-state index in [1.165, 1.54) is 0 Å². The molecule has 96 valence electrons. The van der Waals surface area contributed by atoms with Crippen molar-refractivity contribution in [2.45, 2.75) is 40.5 Å². The van der Waals surface area contributed by atoms with E-state index in [-0.39, 0.29) is 29.7 Å². The Balaban J connectivity index is 2.25. The van der Waals surface area contributed by atoms with Crippen molar-refractivity contribution in [3.05, 3.63) is 0 Å². The van der Waals surface area contributed by atoms with Crippen molar-refractivity contribution in [2.75, 3.05) is 0 Å². The van der Waals surface area contributed by atoms with Gasteiger partial charge < -0.3 is 4.74 Å². The largest absolute Gasteiger partial charge is 0.393 e. The number of carbonyl (C=O) groups is 2. The maximum Gasteiger partial charge on any atom is 0.317 e. The summed E-state index contributed by atoms with van der Waals surface area (Å²) < 4.78 is 4.86. The Kier molecular flexibility index (Phi) is 3.28. The second kappa shape index (κ2) is 4.43. The van der Waals surface area contributed by atoms with Crippen LogP contribution in [0, 0.1) is 35.5 Å². The van der Waals surface area contributed by atoms with Gasteiger partial charge in [0.05, 0.1) is 11.8 Å². The first-order chi connectivity index (χ1) is 7.91. The number of esters is 2. The topological polar surface area (TPSA) is 43.4 Å². The quantitative estimate of drug-likeness (QED) is 0.548. The van der Waals surface area contributed by atoms with Gasteiger partial charge in [0.1, 0.15) is 0 Å². The molecule has 5 unspecified atom stereocenters. The zero-order valence-electron chi connectivity index (χ0n) is 11.1. The van der Waals surface area contributed by atoms with Gasteiger partial charge in [-0.15, -0.1) is 0 Å². The Hall–Kier alpha value is -0.860. The highest BCUT2D eigenvalue weighted by Crippen LogP contribution is 2.48.